The molecule has 1 rings (SSSR count). The molecular formula is C9H11ClN2O4. The summed E-state index contributed by atoms with van der Waals surface area (Å²) in [7, 11) is 0. The quantitative estimate of drug-likeness (QED) is 0.625. The average Bonchev–Trinajstić information content (AvgIpc) is 2.18. The molecule has 0 aliphatic carbocycles. The molecule has 0 spiro atoms. The van der Waals surface area contributed by atoms with Gasteiger partial charge in [0, 0.05) is 17.8 Å². The number of nitrogens with one attached hydrogen (secondary N) is 1. The number of carbonyl (C=O) groups is 1. The molecule has 88 valence electrons. The third-order valence-corrected chi connectivity index (χ3v) is 1.81. The lowest BCUT2D eigenvalue weighted by Gasteiger charge is -2.09. The second-order valence-corrected chi connectivity index (χ2v) is 3.01. The van der Waals surface area contributed by atoms with Crippen LogP contribution in [0.2, 0.25) is 0 Å². The number of benzene rings is 1. The Bertz CT molecular complexity index is 397. The van der Waals surface area contributed by atoms with E-state index < -0.39 is 16.9 Å². The first kappa shape index (κ1) is 14.2. The number of non-ortho nitro benzene ring substituents is 1. The van der Waals surface area contributed by atoms with Gasteiger partial charge in [0.2, 0.25) is 0 Å². The summed E-state index contributed by atoms with van der Waals surface area (Å²) in [6.45, 7) is 1.46. The van der Waals surface area contributed by atoms with Gasteiger partial charge in [-0.3, -0.25) is 14.9 Å². The second kappa shape index (κ2) is 5.92. The molecule has 0 unspecified atom stereocenters. The molecule has 0 amide bonds. The predicted octanol–water partition coefficient (Wildman–Crippen LogP) is 1.90. The van der Waals surface area contributed by atoms with Crippen LogP contribution in [0.25, 0.3) is 0 Å². The van der Waals surface area contributed by atoms with Gasteiger partial charge < -0.3 is 10.4 Å². The number of halogens is 1. The van der Waals surface area contributed by atoms with E-state index in [1.165, 1.54) is 25.1 Å². The Morgan fingerprint density at radius 2 is 2.19 bits per heavy atom. The van der Waals surface area contributed by atoms with E-state index >= 15 is 0 Å². The van der Waals surface area contributed by atoms with E-state index in [0.717, 1.165) is 0 Å². The fourth-order valence-corrected chi connectivity index (χ4v) is 1.02. The number of nitro groups is 1. The molecule has 0 saturated heterocycles. The maximum atomic E-state index is 10.5. The molecule has 1 aromatic carbocycles. The highest BCUT2D eigenvalue weighted by molar-refractivity contribution is 5.85. The number of anilines is 1. The Balaban J connectivity index is 0.00000225. The molecule has 0 fully saturated rings. The molecule has 0 heterocycles. The molecule has 0 bridgehead atoms. The second-order valence-electron chi connectivity index (χ2n) is 3.01. The predicted molar refractivity (Wildman–Crippen MR) is 61.1 cm³/mol. The van der Waals surface area contributed by atoms with Gasteiger partial charge in [-0.25, -0.2) is 0 Å². The first-order valence-corrected chi connectivity index (χ1v) is 4.24. The van der Waals surface area contributed by atoms with E-state index in [9.17, 15) is 14.9 Å². The van der Waals surface area contributed by atoms with Crippen molar-refractivity contribution in [2.24, 2.45) is 0 Å². The number of rotatable bonds is 4. The van der Waals surface area contributed by atoms with Gasteiger partial charge in [-0.1, -0.05) is 6.07 Å². The lowest BCUT2D eigenvalue weighted by Crippen LogP contribution is -2.25. The molecule has 16 heavy (non-hydrogen) atoms. The van der Waals surface area contributed by atoms with Crippen molar-refractivity contribution < 1.29 is 14.8 Å². The highest BCUT2D eigenvalue weighted by atomic mass is 35.5. The topological polar surface area (TPSA) is 92.5 Å². The van der Waals surface area contributed by atoms with Crippen molar-refractivity contribution in [3.05, 3.63) is 34.4 Å². The van der Waals surface area contributed by atoms with Crippen molar-refractivity contribution in [3.63, 3.8) is 0 Å². The smallest absolute Gasteiger partial charge is 0.325 e. The highest BCUT2D eigenvalue weighted by Gasteiger charge is 2.12. The van der Waals surface area contributed by atoms with Crippen LogP contribution in [0.5, 0.6) is 0 Å². The number of nitrogens with zero attached hydrogens (tertiary/aromatic N) is 1. The number of carboxylic acid groups (broad SMARTS) is 1. The third kappa shape index (κ3) is 3.74. The molecule has 2 N–H and O–H groups in total. The van der Waals surface area contributed by atoms with Crippen molar-refractivity contribution in [1.29, 1.82) is 0 Å². The van der Waals surface area contributed by atoms with Crippen LogP contribution >= 0.6 is 12.4 Å². The zero-order valence-electron chi connectivity index (χ0n) is 8.41. The molecule has 1 aromatic rings. The summed E-state index contributed by atoms with van der Waals surface area (Å²) in [4.78, 5) is 20.4. The molecule has 6 nitrogen and oxygen atoms in total. The molecule has 1 atom stereocenters. The van der Waals surface area contributed by atoms with Crippen molar-refractivity contribution in [1.82, 2.24) is 0 Å². The van der Waals surface area contributed by atoms with Crippen molar-refractivity contribution in [2.45, 2.75) is 13.0 Å². The fourth-order valence-electron chi connectivity index (χ4n) is 1.02. The Kier molecular flexibility index (Phi) is 5.24. The zero-order valence-corrected chi connectivity index (χ0v) is 9.23. The van der Waals surface area contributed by atoms with E-state index in [2.05, 4.69) is 5.32 Å². The lowest BCUT2D eigenvalue weighted by molar-refractivity contribution is -0.384. The number of hydrogen-bond donors (Lipinski definition) is 2. The molecule has 0 aliphatic heterocycles. The minimum atomic E-state index is -1.01. The largest absolute Gasteiger partial charge is 0.480 e. The van der Waals surface area contributed by atoms with Crippen molar-refractivity contribution in [3.8, 4) is 0 Å². The Morgan fingerprint density at radius 1 is 1.56 bits per heavy atom. The molecule has 0 aromatic heterocycles. The molecule has 0 saturated carbocycles. The van der Waals surface area contributed by atoms with Crippen LogP contribution < -0.4 is 5.32 Å². The van der Waals surface area contributed by atoms with Crippen LogP contribution in [0, 0.1) is 10.1 Å². The van der Waals surface area contributed by atoms with E-state index in [-0.39, 0.29) is 18.1 Å². The summed E-state index contributed by atoms with van der Waals surface area (Å²) >= 11 is 0. The molecular weight excluding hydrogens is 236 g/mol. The van der Waals surface area contributed by atoms with E-state index in [0.29, 0.717) is 5.69 Å². The number of aliphatic carboxylic acids is 1. The maximum absolute atomic E-state index is 10.5. The van der Waals surface area contributed by atoms with Crippen LogP contribution in [0.4, 0.5) is 11.4 Å². The van der Waals surface area contributed by atoms with E-state index in [1.54, 1.807) is 6.07 Å². The fraction of sp³-hybridized carbons (Fsp3) is 0.222. The average molecular weight is 247 g/mol. The van der Waals surface area contributed by atoms with Crippen LogP contribution in [-0.4, -0.2) is 22.0 Å². The van der Waals surface area contributed by atoms with Crippen molar-refractivity contribution >= 4 is 29.8 Å². The number of nitro benzene ring substituents is 1. The summed E-state index contributed by atoms with van der Waals surface area (Å²) < 4.78 is 0. The van der Waals surface area contributed by atoms with E-state index in [1.807, 2.05) is 0 Å². The van der Waals surface area contributed by atoms with Gasteiger partial charge in [-0.2, -0.15) is 0 Å². The SMILES string of the molecule is C[C@H](Nc1cccc([N+](=O)[O-])c1)C(=O)O.Cl. The Morgan fingerprint density at radius 3 is 2.69 bits per heavy atom. The van der Waals surface area contributed by atoms with Gasteiger partial charge in [0.25, 0.3) is 5.69 Å². The van der Waals surface area contributed by atoms with Crippen LogP contribution in [0.3, 0.4) is 0 Å². The Hall–Kier alpha value is -1.82. The van der Waals surface area contributed by atoms with Gasteiger partial charge in [0.05, 0.1) is 4.92 Å². The van der Waals surface area contributed by atoms with Gasteiger partial charge in [0.15, 0.2) is 0 Å². The van der Waals surface area contributed by atoms with Gasteiger partial charge in [0.1, 0.15) is 6.04 Å². The Labute approximate surface area is 97.8 Å². The number of carboxylic acids is 1. The zero-order chi connectivity index (χ0) is 11.4. The summed E-state index contributed by atoms with van der Waals surface area (Å²) in [5, 5.41) is 21.7. The van der Waals surface area contributed by atoms with Crippen molar-refractivity contribution in [2.75, 3.05) is 5.32 Å². The highest BCUT2D eigenvalue weighted by Crippen LogP contribution is 2.17. The lowest BCUT2D eigenvalue weighted by atomic mass is 10.2. The van der Waals surface area contributed by atoms with Crippen LogP contribution in [-0.2, 0) is 4.79 Å². The first-order valence-electron chi connectivity index (χ1n) is 4.24. The summed E-state index contributed by atoms with van der Waals surface area (Å²) in [5.41, 5.74) is 0.344. The monoisotopic (exact) mass is 246 g/mol. The number of hydrogen-bond acceptors (Lipinski definition) is 4. The van der Waals surface area contributed by atoms with Crippen LogP contribution in [0.15, 0.2) is 24.3 Å². The minimum Gasteiger partial charge on any atom is -0.480 e. The first-order chi connectivity index (χ1) is 7.00. The normalized spacial score (nSPS) is 11.1. The molecule has 0 aliphatic rings. The van der Waals surface area contributed by atoms with Gasteiger partial charge in [-0.15, -0.1) is 12.4 Å². The minimum absolute atomic E-state index is 0. The van der Waals surface area contributed by atoms with Gasteiger partial charge in [-0.05, 0) is 13.0 Å². The maximum Gasteiger partial charge on any atom is 0.325 e. The molecule has 7 heteroatoms. The summed E-state index contributed by atoms with van der Waals surface area (Å²) in [5.74, 6) is -1.01. The standard InChI is InChI=1S/C9H10N2O4.ClH/c1-6(9(12)13)10-7-3-2-4-8(5-7)11(14)15;/h2-6,10H,1H3,(H,12,13);1H/t6-;/m0./s1. The summed E-state index contributed by atoms with van der Waals surface area (Å²) in [6.07, 6.45) is 0. The van der Waals surface area contributed by atoms with Crippen LogP contribution in [0.1, 0.15) is 6.92 Å². The third-order valence-electron chi connectivity index (χ3n) is 1.81. The van der Waals surface area contributed by atoms with Gasteiger partial charge >= 0.3 is 5.97 Å². The summed E-state index contributed by atoms with van der Waals surface area (Å²) in [6, 6.07) is 4.92. The molecule has 0 radical (unpaired) electrons. The van der Waals surface area contributed by atoms with E-state index in [4.69, 9.17) is 5.11 Å².